The van der Waals surface area contributed by atoms with Gasteiger partial charge in [-0.15, -0.1) is 0 Å². The number of benzene rings is 1. The highest BCUT2D eigenvalue weighted by Gasteiger charge is 2.31. The van der Waals surface area contributed by atoms with Crippen molar-refractivity contribution >= 4 is 63.8 Å². The zero-order chi connectivity index (χ0) is 19.1. The van der Waals surface area contributed by atoms with Crippen LogP contribution in [0.4, 0.5) is 0 Å². The van der Waals surface area contributed by atoms with Gasteiger partial charge in [-0.05, 0) is 30.2 Å². The van der Waals surface area contributed by atoms with Gasteiger partial charge in [-0.1, -0.05) is 47.7 Å². The van der Waals surface area contributed by atoms with Crippen LogP contribution in [0, 0.1) is 0 Å². The van der Waals surface area contributed by atoms with Crippen LogP contribution in [-0.2, 0) is 14.4 Å². The number of hydrogen-bond acceptors (Lipinski definition) is 5. The van der Waals surface area contributed by atoms with E-state index in [1.807, 2.05) is 12.1 Å². The van der Waals surface area contributed by atoms with Gasteiger partial charge in [0.25, 0.3) is 5.91 Å². The summed E-state index contributed by atoms with van der Waals surface area (Å²) in [5.41, 5.74) is 0.854. The summed E-state index contributed by atoms with van der Waals surface area (Å²) in [6.45, 7) is 0.439. The summed E-state index contributed by atoms with van der Waals surface area (Å²) in [5, 5.41) is 11.7. The average Bonchev–Trinajstić information content (AvgIpc) is 2.84. The smallest absolute Gasteiger partial charge is 0.305 e. The molecule has 0 aromatic heterocycles. The fourth-order valence-corrected chi connectivity index (χ4v) is 3.63. The number of aliphatic carboxylic acids is 1. The number of carboxylic acid groups (broad SMARTS) is 1. The molecule has 0 bridgehead atoms. The van der Waals surface area contributed by atoms with E-state index in [1.54, 1.807) is 18.2 Å². The molecular formula is C17H17ClN2O4S2. The quantitative estimate of drug-likeness (QED) is 0.504. The zero-order valence-corrected chi connectivity index (χ0v) is 16.1. The number of halogens is 1. The Morgan fingerprint density at radius 1 is 1.27 bits per heavy atom. The van der Waals surface area contributed by atoms with Crippen LogP contribution in [0.15, 0.2) is 29.2 Å². The number of carbonyl (C=O) groups excluding carboxylic acids is 2. The molecule has 1 aromatic carbocycles. The Kier molecular flexibility index (Phi) is 7.62. The van der Waals surface area contributed by atoms with Crippen molar-refractivity contribution in [2.45, 2.75) is 19.3 Å². The minimum atomic E-state index is -0.963. The molecule has 2 N–H and O–H groups in total. The van der Waals surface area contributed by atoms with Crippen molar-refractivity contribution in [3.63, 3.8) is 0 Å². The van der Waals surface area contributed by atoms with Gasteiger partial charge in [0.1, 0.15) is 4.32 Å². The number of amides is 2. The fraction of sp³-hybridized carbons (Fsp3) is 0.294. The van der Waals surface area contributed by atoms with Crippen LogP contribution in [0.3, 0.4) is 0 Å². The summed E-state index contributed by atoms with van der Waals surface area (Å²) in [5.74, 6) is -1.38. The molecule has 0 saturated carbocycles. The molecule has 1 aliphatic heterocycles. The molecule has 0 atom stereocenters. The minimum absolute atomic E-state index is 0.0963. The average molecular weight is 413 g/mol. The van der Waals surface area contributed by atoms with Crippen molar-refractivity contribution in [3.05, 3.63) is 39.8 Å². The van der Waals surface area contributed by atoms with Gasteiger partial charge in [-0.25, -0.2) is 0 Å². The normalized spacial score (nSPS) is 15.6. The van der Waals surface area contributed by atoms with E-state index in [0.717, 1.165) is 5.56 Å². The monoisotopic (exact) mass is 412 g/mol. The Labute approximate surface area is 165 Å². The summed E-state index contributed by atoms with van der Waals surface area (Å²) in [4.78, 5) is 36.5. The minimum Gasteiger partial charge on any atom is -0.481 e. The molecule has 1 heterocycles. The molecule has 1 aliphatic rings. The maximum atomic E-state index is 12.5. The lowest BCUT2D eigenvalue weighted by Gasteiger charge is -2.14. The maximum Gasteiger partial charge on any atom is 0.305 e. The second kappa shape index (κ2) is 9.70. The highest BCUT2D eigenvalue weighted by Crippen LogP contribution is 2.32. The van der Waals surface area contributed by atoms with Gasteiger partial charge in [0, 0.05) is 24.5 Å². The van der Waals surface area contributed by atoms with E-state index in [9.17, 15) is 14.4 Å². The van der Waals surface area contributed by atoms with Gasteiger partial charge in [-0.3, -0.25) is 19.3 Å². The molecule has 0 radical (unpaired) electrons. The second-order valence-corrected chi connectivity index (χ2v) is 7.59. The highest BCUT2D eigenvalue weighted by atomic mass is 35.5. The number of nitrogens with zero attached hydrogens (tertiary/aromatic N) is 1. The molecule has 9 heteroatoms. The first-order chi connectivity index (χ1) is 12.4. The lowest BCUT2D eigenvalue weighted by molar-refractivity contribution is -0.137. The van der Waals surface area contributed by atoms with Crippen LogP contribution >= 0.6 is 35.6 Å². The Balaban J connectivity index is 1.84. The second-order valence-electron chi connectivity index (χ2n) is 5.48. The first-order valence-electron chi connectivity index (χ1n) is 7.86. The van der Waals surface area contributed by atoms with E-state index in [4.69, 9.17) is 28.9 Å². The zero-order valence-electron chi connectivity index (χ0n) is 13.7. The van der Waals surface area contributed by atoms with E-state index >= 15 is 0 Å². The van der Waals surface area contributed by atoms with Gasteiger partial charge in [0.2, 0.25) is 5.91 Å². The van der Waals surface area contributed by atoms with Crippen molar-refractivity contribution in [1.29, 1.82) is 0 Å². The molecule has 0 aliphatic carbocycles. The topological polar surface area (TPSA) is 86.7 Å². The van der Waals surface area contributed by atoms with E-state index < -0.39 is 5.97 Å². The van der Waals surface area contributed by atoms with Crippen molar-refractivity contribution in [3.8, 4) is 0 Å². The molecule has 2 rings (SSSR count). The van der Waals surface area contributed by atoms with E-state index in [1.165, 1.54) is 16.7 Å². The van der Waals surface area contributed by atoms with E-state index in [0.29, 0.717) is 27.2 Å². The summed E-state index contributed by atoms with van der Waals surface area (Å²) < 4.78 is 0.460. The number of carboxylic acids is 1. The molecular weight excluding hydrogens is 396 g/mol. The summed E-state index contributed by atoms with van der Waals surface area (Å²) in [6, 6.07) is 7.13. The predicted octanol–water partition coefficient (Wildman–Crippen LogP) is 2.91. The lowest BCUT2D eigenvalue weighted by atomic mass is 10.2. The predicted molar refractivity (Wildman–Crippen MR) is 106 cm³/mol. The lowest BCUT2D eigenvalue weighted by Crippen LogP contribution is -2.31. The Morgan fingerprint density at radius 2 is 1.96 bits per heavy atom. The van der Waals surface area contributed by atoms with Crippen LogP contribution in [-0.4, -0.2) is 45.2 Å². The third-order valence-corrected chi connectivity index (χ3v) is 5.12. The fourth-order valence-electron chi connectivity index (χ4n) is 2.20. The van der Waals surface area contributed by atoms with Crippen LogP contribution in [0.1, 0.15) is 24.8 Å². The Hall–Kier alpha value is -1.90. The summed E-state index contributed by atoms with van der Waals surface area (Å²) in [6.07, 6.45) is 2.29. The molecule has 26 heavy (non-hydrogen) atoms. The highest BCUT2D eigenvalue weighted by molar-refractivity contribution is 8.26. The molecule has 1 fully saturated rings. The molecule has 6 nitrogen and oxygen atoms in total. The molecule has 1 saturated heterocycles. The van der Waals surface area contributed by atoms with Gasteiger partial charge < -0.3 is 10.4 Å². The van der Waals surface area contributed by atoms with Gasteiger partial charge in [-0.2, -0.15) is 0 Å². The van der Waals surface area contributed by atoms with Crippen molar-refractivity contribution < 1.29 is 19.5 Å². The number of rotatable bonds is 8. The van der Waals surface area contributed by atoms with Gasteiger partial charge >= 0.3 is 5.97 Å². The maximum absolute atomic E-state index is 12.5. The molecule has 1 aromatic rings. The van der Waals surface area contributed by atoms with Crippen molar-refractivity contribution in [2.75, 3.05) is 13.1 Å². The van der Waals surface area contributed by atoms with Gasteiger partial charge in [0.05, 0.1) is 11.3 Å². The Morgan fingerprint density at radius 3 is 2.62 bits per heavy atom. The third-order valence-electron chi connectivity index (χ3n) is 3.49. The number of thioether (sulfide) groups is 1. The summed E-state index contributed by atoms with van der Waals surface area (Å²) in [7, 11) is 0. The van der Waals surface area contributed by atoms with E-state index in [-0.39, 0.29) is 31.2 Å². The molecule has 0 unspecified atom stereocenters. The third kappa shape index (κ3) is 6.12. The van der Waals surface area contributed by atoms with Crippen LogP contribution in [0.2, 0.25) is 5.02 Å². The largest absolute Gasteiger partial charge is 0.481 e. The SMILES string of the molecule is O=C(O)CCNC(=O)CCCN1C(=O)/C(=C/c2ccc(Cl)cc2)SC1=S. The standard InChI is InChI=1S/C17H17ClN2O4S2/c18-12-5-3-11(4-6-12)10-13-16(24)20(17(25)26-13)9-1-2-14(21)19-8-7-15(22)23/h3-6,10H,1-2,7-9H2,(H,19,21)(H,22,23)/b13-10-. The van der Waals surface area contributed by atoms with Crippen molar-refractivity contribution in [2.24, 2.45) is 0 Å². The van der Waals surface area contributed by atoms with Crippen LogP contribution < -0.4 is 5.32 Å². The first-order valence-corrected chi connectivity index (χ1v) is 9.46. The van der Waals surface area contributed by atoms with Crippen LogP contribution in [0.5, 0.6) is 0 Å². The van der Waals surface area contributed by atoms with E-state index in [2.05, 4.69) is 5.32 Å². The number of carbonyl (C=O) groups is 3. The number of nitrogens with one attached hydrogen (secondary N) is 1. The van der Waals surface area contributed by atoms with Gasteiger partial charge in [0.15, 0.2) is 0 Å². The van der Waals surface area contributed by atoms with Crippen LogP contribution in [0.25, 0.3) is 6.08 Å². The Bertz CT molecular complexity index is 750. The molecule has 138 valence electrons. The summed E-state index contributed by atoms with van der Waals surface area (Å²) >= 11 is 12.3. The number of thiocarbonyl (C=S) groups is 1. The number of hydrogen-bond donors (Lipinski definition) is 2. The first kappa shape index (κ1) is 20.4. The van der Waals surface area contributed by atoms with Crippen molar-refractivity contribution in [1.82, 2.24) is 10.2 Å². The molecule has 2 amide bonds. The molecule has 0 spiro atoms.